The van der Waals surface area contributed by atoms with Crippen LogP contribution in [0.2, 0.25) is 0 Å². The first-order valence-electron chi connectivity index (χ1n) is 6.43. The third-order valence-corrected chi connectivity index (χ3v) is 3.55. The van der Waals surface area contributed by atoms with Gasteiger partial charge in [-0.1, -0.05) is 24.3 Å². The van der Waals surface area contributed by atoms with E-state index in [4.69, 9.17) is 0 Å². The predicted octanol–water partition coefficient (Wildman–Crippen LogP) is 2.53. The Morgan fingerprint density at radius 2 is 1.94 bits per heavy atom. The van der Waals surface area contributed by atoms with Gasteiger partial charge in [-0.15, -0.1) is 0 Å². The lowest BCUT2D eigenvalue weighted by Gasteiger charge is -2.08. The Kier molecular flexibility index (Phi) is 3.07. The van der Waals surface area contributed by atoms with Crippen molar-refractivity contribution in [1.82, 2.24) is 15.3 Å². The van der Waals surface area contributed by atoms with Crippen molar-refractivity contribution in [3.8, 4) is 11.1 Å². The zero-order chi connectivity index (χ0) is 12.4. The number of nitrogens with zero attached hydrogens (tertiary/aromatic N) is 2. The van der Waals surface area contributed by atoms with Crippen molar-refractivity contribution in [2.75, 3.05) is 13.1 Å². The van der Waals surface area contributed by atoms with Gasteiger partial charge in [0.15, 0.2) is 0 Å². The summed E-state index contributed by atoms with van der Waals surface area (Å²) in [5, 5.41) is 3.35. The predicted molar refractivity (Wildman–Crippen MR) is 72.4 cm³/mol. The highest BCUT2D eigenvalue weighted by Crippen LogP contribution is 2.23. The average molecular weight is 239 g/mol. The van der Waals surface area contributed by atoms with Crippen molar-refractivity contribution in [2.45, 2.75) is 19.3 Å². The van der Waals surface area contributed by atoms with Crippen molar-refractivity contribution in [3.05, 3.63) is 48.0 Å². The van der Waals surface area contributed by atoms with Gasteiger partial charge in [0.1, 0.15) is 5.82 Å². The maximum Gasteiger partial charge on any atom is 0.132 e. The lowest BCUT2D eigenvalue weighted by Crippen LogP contribution is -2.10. The lowest BCUT2D eigenvalue weighted by molar-refractivity contribution is 0.702. The standard InChI is InChI=1S/C15H17N3/c1-11-4-2-3-5-14(11)13-9-17-15(18-10-13)12-6-7-16-8-12/h2-5,9-10,12,16H,6-8H2,1H3. The Labute approximate surface area is 107 Å². The smallest absolute Gasteiger partial charge is 0.132 e. The number of aromatic nitrogens is 2. The van der Waals surface area contributed by atoms with Crippen LogP contribution in [0.1, 0.15) is 23.7 Å². The zero-order valence-electron chi connectivity index (χ0n) is 10.6. The zero-order valence-corrected chi connectivity index (χ0v) is 10.6. The Bertz CT molecular complexity index is 528. The van der Waals surface area contributed by atoms with Crippen LogP contribution in [0.25, 0.3) is 11.1 Å². The molecule has 0 radical (unpaired) electrons. The van der Waals surface area contributed by atoms with Crippen LogP contribution < -0.4 is 5.32 Å². The fraction of sp³-hybridized carbons (Fsp3) is 0.333. The largest absolute Gasteiger partial charge is 0.316 e. The molecule has 1 aliphatic rings. The van der Waals surface area contributed by atoms with E-state index in [2.05, 4.69) is 46.5 Å². The molecule has 3 nitrogen and oxygen atoms in total. The van der Waals surface area contributed by atoms with E-state index in [-0.39, 0.29) is 0 Å². The molecule has 0 bridgehead atoms. The summed E-state index contributed by atoms with van der Waals surface area (Å²) >= 11 is 0. The second-order valence-electron chi connectivity index (χ2n) is 4.83. The van der Waals surface area contributed by atoms with Gasteiger partial charge in [-0.05, 0) is 31.0 Å². The first-order chi connectivity index (χ1) is 8.84. The Hall–Kier alpha value is -1.74. The molecule has 3 heteroatoms. The van der Waals surface area contributed by atoms with Gasteiger partial charge in [-0.25, -0.2) is 9.97 Å². The maximum absolute atomic E-state index is 4.53. The van der Waals surface area contributed by atoms with Crippen molar-refractivity contribution in [2.24, 2.45) is 0 Å². The summed E-state index contributed by atoms with van der Waals surface area (Å²) < 4.78 is 0. The second kappa shape index (κ2) is 4.86. The Balaban J connectivity index is 1.89. The molecule has 1 saturated heterocycles. The van der Waals surface area contributed by atoms with Crippen LogP contribution in [0, 0.1) is 6.92 Å². The van der Waals surface area contributed by atoms with Crippen molar-refractivity contribution in [3.63, 3.8) is 0 Å². The molecule has 18 heavy (non-hydrogen) atoms. The lowest BCUT2D eigenvalue weighted by atomic mass is 10.0. The second-order valence-corrected chi connectivity index (χ2v) is 4.83. The minimum Gasteiger partial charge on any atom is -0.316 e. The van der Waals surface area contributed by atoms with Crippen LogP contribution in [0.15, 0.2) is 36.7 Å². The number of hydrogen-bond donors (Lipinski definition) is 1. The molecule has 0 amide bonds. The van der Waals surface area contributed by atoms with E-state index in [1.807, 2.05) is 12.4 Å². The van der Waals surface area contributed by atoms with Crippen LogP contribution >= 0.6 is 0 Å². The number of hydrogen-bond acceptors (Lipinski definition) is 3. The summed E-state index contributed by atoms with van der Waals surface area (Å²) in [6.45, 7) is 4.20. The van der Waals surface area contributed by atoms with Crippen LogP contribution in [-0.2, 0) is 0 Å². The number of rotatable bonds is 2. The Morgan fingerprint density at radius 3 is 2.61 bits per heavy atom. The summed E-state index contributed by atoms with van der Waals surface area (Å²) in [5.74, 6) is 1.45. The van der Waals surface area contributed by atoms with Gasteiger partial charge in [0.25, 0.3) is 0 Å². The van der Waals surface area contributed by atoms with Crippen LogP contribution in [-0.4, -0.2) is 23.1 Å². The van der Waals surface area contributed by atoms with E-state index in [1.165, 1.54) is 11.1 Å². The summed E-state index contributed by atoms with van der Waals surface area (Å²) in [5.41, 5.74) is 3.58. The van der Waals surface area contributed by atoms with Crippen LogP contribution in [0.5, 0.6) is 0 Å². The molecule has 3 rings (SSSR count). The van der Waals surface area contributed by atoms with E-state index < -0.39 is 0 Å². The highest BCUT2D eigenvalue weighted by molar-refractivity contribution is 5.65. The summed E-state index contributed by atoms with van der Waals surface area (Å²) in [7, 11) is 0. The van der Waals surface area contributed by atoms with Gasteiger partial charge in [0, 0.05) is 30.4 Å². The average Bonchev–Trinajstić information content (AvgIpc) is 2.94. The molecule has 1 fully saturated rings. The van der Waals surface area contributed by atoms with E-state index >= 15 is 0 Å². The van der Waals surface area contributed by atoms with E-state index in [0.717, 1.165) is 30.9 Å². The third kappa shape index (κ3) is 2.14. The van der Waals surface area contributed by atoms with Gasteiger partial charge < -0.3 is 5.32 Å². The van der Waals surface area contributed by atoms with Gasteiger partial charge in [-0.2, -0.15) is 0 Å². The maximum atomic E-state index is 4.53. The number of nitrogens with one attached hydrogen (secondary N) is 1. The van der Waals surface area contributed by atoms with Gasteiger partial charge in [-0.3, -0.25) is 0 Å². The molecule has 1 atom stereocenters. The molecule has 1 N–H and O–H groups in total. The van der Waals surface area contributed by atoms with E-state index in [9.17, 15) is 0 Å². The number of aryl methyl sites for hydroxylation is 1. The molecule has 1 aliphatic heterocycles. The van der Waals surface area contributed by atoms with Crippen LogP contribution in [0.4, 0.5) is 0 Å². The summed E-state index contributed by atoms with van der Waals surface area (Å²) in [4.78, 5) is 9.05. The van der Waals surface area contributed by atoms with Crippen molar-refractivity contribution in [1.29, 1.82) is 0 Å². The van der Waals surface area contributed by atoms with E-state index in [1.54, 1.807) is 0 Å². The SMILES string of the molecule is Cc1ccccc1-c1cnc(C2CCNC2)nc1. The molecule has 1 unspecified atom stereocenters. The highest BCUT2D eigenvalue weighted by Gasteiger charge is 2.18. The first kappa shape index (κ1) is 11.4. The normalized spacial score (nSPS) is 19.1. The molecule has 92 valence electrons. The number of benzene rings is 1. The molecule has 1 aromatic carbocycles. The minimum atomic E-state index is 0.482. The summed E-state index contributed by atoms with van der Waals surface area (Å²) in [6, 6.07) is 8.34. The first-order valence-corrected chi connectivity index (χ1v) is 6.43. The molecule has 1 aromatic heterocycles. The monoisotopic (exact) mass is 239 g/mol. The molecular formula is C15H17N3. The van der Waals surface area contributed by atoms with Gasteiger partial charge in [0.05, 0.1) is 0 Å². The van der Waals surface area contributed by atoms with Crippen molar-refractivity contribution < 1.29 is 0 Å². The van der Waals surface area contributed by atoms with Crippen molar-refractivity contribution >= 4 is 0 Å². The molecule has 0 saturated carbocycles. The summed E-state index contributed by atoms with van der Waals surface area (Å²) in [6.07, 6.45) is 5.04. The minimum absolute atomic E-state index is 0.482. The van der Waals surface area contributed by atoms with Crippen LogP contribution in [0.3, 0.4) is 0 Å². The van der Waals surface area contributed by atoms with Gasteiger partial charge in [0.2, 0.25) is 0 Å². The fourth-order valence-corrected chi connectivity index (χ4v) is 2.46. The molecular weight excluding hydrogens is 222 g/mol. The molecule has 2 aromatic rings. The van der Waals surface area contributed by atoms with E-state index in [0.29, 0.717) is 5.92 Å². The fourth-order valence-electron chi connectivity index (χ4n) is 2.46. The molecule has 2 heterocycles. The molecule has 0 spiro atoms. The third-order valence-electron chi connectivity index (χ3n) is 3.55. The van der Waals surface area contributed by atoms with Gasteiger partial charge >= 0.3 is 0 Å². The highest BCUT2D eigenvalue weighted by atomic mass is 14.9. The molecule has 0 aliphatic carbocycles. The Morgan fingerprint density at radius 1 is 1.17 bits per heavy atom. The topological polar surface area (TPSA) is 37.8 Å². The quantitative estimate of drug-likeness (QED) is 0.875.